The van der Waals surface area contributed by atoms with E-state index in [1.165, 1.54) is 43.4 Å². The number of hydrogen-bond acceptors (Lipinski definition) is 5. The molecule has 1 aromatic heterocycles. The van der Waals surface area contributed by atoms with Crippen LogP contribution in [0.5, 0.6) is 5.75 Å². The summed E-state index contributed by atoms with van der Waals surface area (Å²) in [5.41, 5.74) is 7.93. The normalized spacial score (nSPS) is 16.2. The minimum atomic E-state index is -0.322. The van der Waals surface area contributed by atoms with E-state index in [0.29, 0.717) is 16.7 Å². The van der Waals surface area contributed by atoms with E-state index in [-0.39, 0.29) is 12.1 Å². The predicted molar refractivity (Wildman–Crippen MR) is 101 cm³/mol. The van der Waals surface area contributed by atoms with Gasteiger partial charge in [0.2, 0.25) is 0 Å². The number of carbonyl (C=O) groups is 1. The zero-order chi connectivity index (χ0) is 17.6. The first-order chi connectivity index (χ1) is 12.2. The highest BCUT2D eigenvalue weighted by molar-refractivity contribution is 7.13. The number of nitrogens with one attached hydrogen (secondary N) is 2. The first-order valence-electron chi connectivity index (χ1n) is 8.59. The quantitative estimate of drug-likeness (QED) is 0.738. The molecule has 1 aromatic carbocycles. The number of anilines is 2. The Balaban J connectivity index is 1.55. The number of hydrogen-bond donors (Lipinski definition) is 3. The first-order valence-corrected chi connectivity index (χ1v) is 9.47. The van der Waals surface area contributed by atoms with Crippen molar-refractivity contribution >= 4 is 28.2 Å². The molecule has 6 nitrogen and oxygen atoms in total. The zero-order valence-electron chi connectivity index (χ0n) is 14.3. The fourth-order valence-corrected chi connectivity index (χ4v) is 3.92. The van der Waals surface area contributed by atoms with Crippen molar-refractivity contribution in [3.05, 3.63) is 35.3 Å². The number of aromatic nitrogens is 1. The van der Waals surface area contributed by atoms with Gasteiger partial charge in [0.25, 0.3) is 0 Å². The third-order valence-electron chi connectivity index (χ3n) is 4.59. The highest BCUT2D eigenvalue weighted by atomic mass is 32.1. The minimum absolute atomic E-state index is 0.0447. The SMILES string of the molecule is COc1ccc(NC(=O)Nc2nc(C(N)C3CCCCC3)cs2)cc1. The topological polar surface area (TPSA) is 89.3 Å². The van der Waals surface area contributed by atoms with Crippen LogP contribution in [-0.4, -0.2) is 18.1 Å². The molecular weight excluding hydrogens is 336 g/mol. The standard InChI is InChI=1S/C18H24N4O2S/c1-24-14-9-7-13(8-10-14)20-17(23)22-18-21-15(11-25-18)16(19)12-5-3-2-4-6-12/h7-12,16H,2-6,19H2,1H3,(H2,20,21,22,23). The van der Waals surface area contributed by atoms with E-state index in [2.05, 4.69) is 15.6 Å². The van der Waals surface area contributed by atoms with Gasteiger partial charge in [-0.1, -0.05) is 19.3 Å². The molecule has 1 aliphatic carbocycles. The fraction of sp³-hybridized carbons (Fsp3) is 0.444. The van der Waals surface area contributed by atoms with Crippen molar-refractivity contribution in [2.24, 2.45) is 11.7 Å². The van der Waals surface area contributed by atoms with Crippen LogP contribution in [0.3, 0.4) is 0 Å². The molecule has 1 unspecified atom stereocenters. The van der Waals surface area contributed by atoms with E-state index in [1.54, 1.807) is 31.4 Å². The number of nitrogens with zero attached hydrogens (tertiary/aromatic N) is 1. The number of methoxy groups -OCH3 is 1. The van der Waals surface area contributed by atoms with Gasteiger partial charge in [0.15, 0.2) is 5.13 Å². The van der Waals surface area contributed by atoms with Crippen LogP contribution in [0.2, 0.25) is 0 Å². The summed E-state index contributed by atoms with van der Waals surface area (Å²) in [6.07, 6.45) is 6.13. The lowest BCUT2D eigenvalue weighted by Gasteiger charge is -2.26. The van der Waals surface area contributed by atoms with Gasteiger partial charge in [-0.05, 0) is 43.0 Å². The number of urea groups is 1. The number of ether oxygens (including phenoxy) is 1. The van der Waals surface area contributed by atoms with Gasteiger partial charge in [0.05, 0.1) is 18.8 Å². The lowest BCUT2D eigenvalue weighted by Crippen LogP contribution is -2.24. The van der Waals surface area contributed by atoms with E-state index in [4.69, 9.17) is 10.5 Å². The van der Waals surface area contributed by atoms with Crippen molar-refractivity contribution in [3.8, 4) is 5.75 Å². The molecular formula is C18H24N4O2S. The Hall–Kier alpha value is -2.12. The monoisotopic (exact) mass is 360 g/mol. The average molecular weight is 360 g/mol. The molecule has 2 aromatic rings. The lowest BCUT2D eigenvalue weighted by atomic mass is 9.83. The molecule has 0 saturated heterocycles. The van der Waals surface area contributed by atoms with Crippen molar-refractivity contribution in [3.63, 3.8) is 0 Å². The van der Waals surface area contributed by atoms with Gasteiger partial charge in [0.1, 0.15) is 5.75 Å². The summed E-state index contributed by atoms with van der Waals surface area (Å²) in [7, 11) is 1.60. The summed E-state index contributed by atoms with van der Waals surface area (Å²) in [6, 6.07) is 6.78. The average Bonchev–Trinajstić information content (AvgIpc) is 3.10. The lowest BCUT2D eigenvalue weighted by molar-refractivity contribution is 0.262. The van der Waals surface area contributed by atoms with Crippen LogP contribution >= 0.6 is 11.3 Å². The summed E-state index contributed by atoms with van der Waals surface area (Å²) < 4.78 is 5.10. The van der Waals surface area contributed by atoms with Crippen LogP contribution in [-0.2, 0) is 0 Å². The Labute approximate surface area is 151 Å². The highest BCUT2D eigenvalue weighted by Gasteiger charge is 2.24. The number of nitrogens with two attached hydrogens (primary N) is 1. The molecule has 3 rings (SSSR count). The zero-order valence-corrected chi connectivity index (χ0v) is 15.1. The molecule has 1 fully saturated rings. The number of carbonyl (C=O) groups excluding carboxylic acids is 1. The summed E-state index contributed by atoms with van der Waals surface area (Å²) in [5, 5.41) is 8.05. The highest BCUT2D eigenvalue weighted by Crippen LogP contribution is 2.33. The molecule has 1 aliphatic rings. The summed E-state index contributed by atoms with van der Waals surface area (Å²) >= 11 is 1.40. The minimum Gasteiger partial charge on any atom is -0.497 e. The van der Waals surface area contributed by atoms with Crippen LogP contribution in [0.4, 0.5) is 15.6 Å². The Morgan fingerprint density at radius 3 is 2.64 bits per heavy atom. The van der Waals surface area contributed by atoms with Crippen LogP contribution in [0, 0.1) is 5.92 Å². The molecule has 0 bridgehead atoms. The summed E-state index contributed by atoms with van der Waals surface area (Å²) in [6.45, 7) is 0. The van der Waals surface area contributed by atoms with Crippen molar-refractivity contribution in [1.29, 1.82) is 0 Å². The van der Waals surface area contributed by atoms with E-state index in [9.17, 15) is 4.79 Å². The van der Waals surface area contributed by atoms with Gasteiger partial charge in [-0.3, -0.25) is 5.32 Å². The molecule has 1 saturated carbocycles. The molecule has 7 heteroatoms. The largest absolute Gasteiger partial charge is 0.497 e. The van der Waals surface area contributed by atoms with E-state index in [0.717, 1.165) is 11.4 Å². The van der Waals surface area contributed by atoms with Crippen LogP contribution in [0.25, 0.3) is 0 Å². The van der Waals surface area contributed by atoms with E-state index < -0.39 is 0 Å². The molecule has 2 amide bonds. The van der Waals surface area contributed by atoms with Crippen molar-refractivity contribution in [1.82, 2.24) is 4.98 Å². The number of benzene rings is 1. The van der Waals surface area contributed by atoms with Crippen molar-refractivity contribution in [2.45, 2.75) is 38.1 Å². The number of rotatable bonds is 5. The van der Waals surface area contributed by atoms with Gasteiger partial charge in [-0.25, -0.2) is 9.78 Å². The Morgan fingerprint density at radius 1 is 1.24 bits per heavy atom. The van der Waals surface area contributed by atoms with Crippen LogP contribution in [0.15, 0.2) is 29.6 Å². The van der Waals surface area contributed by atoms with Crippen LogP contribution in [0.1, 0.15) is 43.8 Å². The molecule has 134 valence electrons. The molecule has 0 aliphatic heterocycles. The third-order valence-corrected chi connectivity index (χ3v) is 5.37. The van der Waals surface area contributed by atoms with Gasteiger partial charge >= 0.3 is 6.03 Å². The Kier molecular flexibility index (Phi) is 5.88. The molecule has 25 heavy (non-hydrogen) atoms. The van der Waals surface area contributed by atoms with Gasteiger partial charge < -0.3 is 15.8 Å². The smallest absolute Gasteiger partial charge is 0.325 e. The second-order valence-electron chi connectivity index (χ2n) is 6.31. The maximum Gasteiger partial charge on any atom is 0.325 e. The molecule has 1 heterocycles. The van der Waals surface area contributed by atoms with Gasteiger partial charge in [-0.2, -0.15) is 0 Å². The molecule has 0 spiro atoms. The second kappa shape index (κ2) is 8.31. The molecule has 1 atom stereocenters. The molecule has 4 N–H and O–H groups in total. The first kappa shape index (κ1) is 17.7. The Bertz CT molecular complexity index is 695. The van der Waals surface area contributed by atoms with E-state index in [1.807, 2.05) is 5.38 Å². The summed E-state index contributed by atoms with van der Waals surface area (Å²) in [5.74, 6) is 1.24. The maximum atomic E-state index is 12.1. The number of amides is 2. The predicted octanol–water partition coefficient (Wildman–Crippen LogP) is 4.38. The fourth-order valence-electron chi connectivity index (χ4n) is 3.17. The second-order valence-corrected chi connectivity index (χ2v) is 7.17. The van der Waals surface area contributed by atoms with Gasteiger partial charge in [-0.15, -0.1) is 11.3 Å². The maximum absolute atomic E-state index is 12.1. The Morgan fingerprint density at radius 2 is 1.96 bits per heavy atom. The van der Waals surface area contributed by atoms with E-state index >= 15 is 0 Å². The van der Waals surface area contributed by atoms with Crippen LogP contribution < -0.4 is 21.1 Å². The number of thiazole rings is 1. The van der Waals surface area contributed by atoms with Crippen molar-refractivity contribution in [2.75, 3.05) is 17.7 Å². The van der Waals surface area contributed by atoms with Crippen molar-refractivity contribution < 1.29 is 9.53 Å². The summed E-state index contributed by atoms with van der Waals surface area (Å²) in [4.78, 5) is 16.6. The third kappa shape index (κ3) is 4.70. The van der Waals surface area contributed by atoms with Gasteiger partial charge in [0, 0.05) is 11.1 Å². The molecule has 0 radical (unpaired) electrons.